The smallest absolute Gasteiger partial charge is 0.410 e. The van der Waals surface area contributed by atoms with Gasteiger partial charge in [-0.15, -0.1) is 0 Å². The van der Waals surface area contributed by atoms with Gasteiger partial charge in [-0.1, -0.05) is 23.2 Å². The fraction of sp³-hybridized carbons (Fsp3) is 0.588. The van der Waals surface area contributed by atoms with E-state index in [9.17, 15) is 4.79 Å². The maximum Gasteiger partial charge on any atom is 0.410 e. The van der Waals surface area contributed by atoms with Crippen LogP contribution in [-0.2, 0) is 11.3 Å². The van der Waals surface area contributed by atoms with Gasteiger partial charge in [-0.05, 0) is 57.4 Å². The molecule has 0 unspecified atom stereocenters. The zero-order valence-corrected chi connectivity index (χ0v) is 15.4. The molecule has 1 aliphatic rings. The number of carbonyl (C=O) groups is 1. The van der Waals surface area contributed by atoms with Crippen molar-refractivity contribution in [1.82, 2.24) is 10.2 Å². The maximum absolute atomic E-state index is 12.2. The molecule has 0 bridgehead atoms. The second-order valence-corrected chi connectivity index (χ2v) is 7.66. The highest BCUT2D eigenvalue weighted by Crippen LogP contribution is 2.28. The molecule has 0 spiro atoms. The predicted molar refractivity (Wildman–Crippen MR) is 94.1 cm³/mol. The summed E-state index contributed by atoms with van der Waals surface area (Å²) in [5, 5.41) is 4.66. The summed E-state index contributed by atoms with van der Waals surface area (Å²) in [6, 6.07) is 5.73. The molecule has 1 saturated carbocycles. The lowest BCUT2D eigenvalue weighted by molar-refractivity contribution is 0.0236. The van der Waals surface area contributed by atoms with E-state index in [1.54, 1.807) is 12.1 Å². The van der Waals surface area contributed by atoms with Gasteiger partial charge >= 0.3 is 6.09 Å². The van der Waals surface area contributed by atoms with Gasteiger partial charge in [0.1, 0.15) is 5.60 Å². The molecule has 23 heavy (non-hydrogen) atoms. The zero-order chi connectivity index (χ0) is 17.0. The molecule has 1 aliphatic carbocycles. The van der Waals surface area contributed by atoms with E-state index in [2.05, 4.69) is 5.32 Å². The summed E-state index contributed by atoms with van der Waals surface area (Å²) in [6.45, 7) is 7.57. The van der Waals surface area contributed by atoms with Gasteiger partial charge < -0.3 is 15.0 Å². The Morgan fingerprint density at radius 3 is 2.65 bits per heavy atom. The van der Waals surface area contributed by atoms with Crippen molar-refractivity contribution in [3.63, 3.8) is 0 Å². The molecule has 0 aliphatic heterocycles. The van der Waals surface area contributed by atoms with Crippen LogP contribution < -0.4 is 5.32 Å². The van der Waals surface area contributed by atoms with Gasteiger partial charge in [0.2, 0.25) is 0 Å². The second-order valence-electron chi connectivity index (χ2n) is 6.82. The highest BCUT2D eigenvalue weighted by molar-refractivity contribution is 6.33. The predicted octanol–water partition coefficient (Wildman–Crippen LogP) is 4.48. The third-order valence-electron chi connectivity index (χ3n) is 3.47. The molecule has 1 aromatic carbocycles. The summed E-state index contributed by atoms with van der Waals surface area (Å²) in [6.07, 6.45) is 1.88. The minimum atomic E-state index is -0.466. The number of rotatable bonds is 6. The first-order valence-electron chi connectivity index (χ1n) is 7.90. The van der Waals surface area contributed by atoms with Crippen molar-refractivity contribution in [3.05, 3.63) is 33.8 Å². The van der Waals surface area contributed by atoms with Crippen LogP contribution in [0.25, 0.3) is 0 Å². The fourth-order valence-electron chi connectivity index (χ4n) is 2.23. The SMILES string of the molecule is CC(C)(C)OC(=O)N(CCNCc1cc(Cl)ccc1Cl)C1CC1. The van der Waals surface area contributed by atoms with Gasteiger partial charge in [0.05, 0.1) is 0 Å². The van der Waals surface area contributed by atoms with Gasteiger partial charge in [0.15, 0.2) is 0 Å². The van der Waals surface area contributed by atoms with Crippen LogP contribution in [0.2, 0.25) is 10.0 Å². The van der Waals surface area contributed by atoms with Crippen LogP contribution in [-0.4, -0.2) is 35.7 Å². The summed E-state index contributed by atoms with van der Waals surface area (Å²) in [5.41, 5.74) is 0.487. The Kier molecular flexibility index (Phi) is 6.18. The molecule has 1 aromatic rings. The van der Waals surface area contributed by atoms with Gasteiger partial charge in [-0.25, -0.2) is 4.79 Å². The highest BCUT2D eigenvalue weighted by Gasteiger charge is 2.34. The Labute approximate surface area is 148 Å². The third kappa shape index (κ3) is 6.21. The summed E-state index contributed by atoms with van der Waals surface area (Å²) >= 11 is 12.1. The first kappa shape index (κ1) is 18.4. The van der Waals surface area contributed by atoms with Gasteiger partial charge in [-0.2, -0.15) is 0 Å². The van der Waals surface area contributed by atoms with E-state index in [1.165, 1.54) is 0 Å². The number of ether oxygens (including phenoxy) is 1. The number of hydrogen-bond donors (Lipinski definition) is 1. The van der Waals surface area contributed by atoms with E-state index < -0.39 is 5.60 Å². The number of halogens is 2. The van der Waals surface area contributed by atoms with Crippen LogP contribution in [0.1, 0.15) is 39.2 Å². The number of nitrogens with zero attached hydrogens (tertiary/aromatic N) is 1. The maximum atomic E-state index is 12.2. The zero-order valence-electron chi connectivity index (χ0n) is 13.9. The molecule has 1 amide bonds. The highest BCUT2D eigenvalue weighted by atomic mass is 35.5. The third-order valence-corrected chi connectivity index (χ3v) is 4.07. The first-order valence-corrected chi connectivity index (χ1v) is 8.66. The minimum absolute atomic E-state index is 0.234. The normalized spacial score (nSPS) is 14.7. The average Bonchev–Trinajstić information content (AvgIpc) is 3.24. The molecule has 2 rings (SSSR count). The summed E-state index contributed by atoms with van der Waals surface area (Å²) in [7, 11) is 0. The van der Waals surface area contributed by atoms with Crippen molar-refractivity contribution in [1.29, 1.82) is 0 Å². The van der Waals surface area contributed by atoms with Crippen LogP contribution in [0, 0.1) is 0 Å². The summed E-state index contributed by atoms with van der Waals surface area (Å²) in [4.78, 5) is 14.1. The molecular formula is C17H24Cl2N2O2. The van der Waals surface area contributed by atoms with E-state index >= 15 is 0 Å². The molecule has 0 heterocycles. The topological polar surface area (TPSA) is 41.6 Å². The van der Waals surface area contributed by atoms with Crippen molar-refractivity contribution >= 4 is 29.3 Å². The Morgan fingerprint density at radius 2 is 2.04 bits per heavy atom. The first-order chi connectivity index (χ1) is 10.8. The second kappa shape index (κ2) is 7.73. The molecule has 4 nitrogen and oxygen atoms in total. The quantitative estimate of drug-likeness (QED) is 0.762. The van der Waals surface area contributed by atoms with E-state index in [-0.39, 0.29) is 6.09 Å². The van der Waals surface area contributed by atoms with Crippen LogP contribution in [0.5, 0.6) is 0 Å². The van der Waals surface area contributed by atoms with E-state index in [0.29, 0.717) is 35.7 Å². The summed E-state index contributed by atoms with van der Waals surface area (Å²) in [5.74, 6) is 0. The Morgan fingerprint density at radius 1 is 1.35 bits per heavy atom. The molecule has 0 radical (unpaired) electrons. The molecule has 0 atom stereocenters. The lowest BCUT2D eigenvalue weighted by Gasteiger charge is -2.27. The largest absolute Gasteiger partial charge is 0.444 e. The van der Waals surface area contributed by atoms with Gasteiger partial charge in [-0.3, -0.25) is 0 Å². The summed E-state index contributed by atoms with van der Waals surface area (Å²) < 4.78 is 5.47. The van der Waals surface area contributed by atoms with Crippen molar-refractivity contribution in [2.24, 2.45) is 0 Å². The van der Waals surface area contributed by atoms with Crippen LogP contribution in [0.15, 0.2) is 18.2 Å². The molecule has 128 valence electrons. The number of hydrogen-bond acceptors (Lipinski definition) is 3. The van der Waals surface area contributed by atoms with Gasteiger partial charge in [0.25, 0.3) is 0 Å². The number of amides is 1. The standard InChI is InChI=1S/C17H24Cl2N2O2/c1-17(2,3)23-16(22)21(14-5-6-14)9-8-20-11-12-10-13(18)4-7-15(12)19/h4,7,10,14,20H,5-6,8-9,11H2,1-3H3. The van der Waals surface area contributed by atoms with E-state index in [1.807, 2.05) is 31.7 Å². The van der Waals surface area contributed by atoms with Crippen molar-refractivity contribution in [2.45, 2.75) is 51.8 Å². The number of nitrogens with one attached hydrogen (secondary N) is 1. The van der Waals surface area contributed by atoms with Crippen molar-refractivity contribution in [3.8, 4) is 0 Å². The monoisotopic (exact) mass is 358 g/mol. The molecule has 1 fully saturated rings. The molecular weight excluding hydrogens is 335 g/mol. The van der Waals surface area contributed by atoms with E-state index in [0.717, 1.165) is 18.4 Å². The van der Waals surface area contributed by atoms with Crippen LogP contribution in [0.3, 0.4) is 0 Å². The lowest BCUT2D eigenvalue weighted by Crippen LogP contribution is -2.41. The number of benzene rings is 1. The molecule has 1 N–H and O–H groups in total. The van der Waals surface area contributed by atoms with Crippen molar-refractivity contribution < 1.29 is 9.53 Å². The molecule has 0 aromatic heterocycles. The van der Waals surface area contributed by atoms with E-state index in [4.69, 9.17) is 27.9 Å². The lowest BCUT2D eigenvalue weighted by atomic mass is 10.2. The minimum Gasteiger partial charge on any atom is -0.444 e. The molecule has 0 saturated heterocycles. The Balaban J connectivity index is 1.81. The Hall–Kier alpha value is -0.970. The van der Waals surface area contributed by atoms with Gasteiger partial charge in [0, 0.05) is 35.7 Å². The molecule has 6 heteroatoms. The van der Waals surface area contributed by atoms with Crippen LogP contribution in [0.4, 0.5) is 4.79 Å². The van der Waals surface area contributed by atoms with Crippen molar-refractivity contribution in [2.75, 3.05) is 13.1 Å². The number of carbonyl (C=O) groups excluding carboxylic acids is 1. The fourth-order valence-corrected chi connectivity index (χ4v) is 2.61. The Bertz CT molecular complexity index is 554. The van der Waals surface area contributed by atoms with Crippen LogP contribution >= 0.6 is 23.2 Å². The average molecular weight is 359 g/mol.